The zero-order valence-electron chi connectivity index (χ0n) is 21.3. The van der Waals surface area contributed by atoms with Crippen molar-refractivity contribution in [1.82, 2.24) is 4.90 Å². The van der Waals surface area contributed by atoms with Crippen LogP contribution in [-0.4, -0.2) is 29.1 Å². The molecule has 3 aromatic rings. The first kappa shape index (κ1) is 28.3. The maximum atomic E-state index is 13.7. The number of rotatable bonds is 7. The predicted octanol–water partition coefficient (Wildman–Crippen LogP) is 9.12. The van der Waals surface area contributed by atoms with Gasteiger partial charge >= 0.3 is 0 Å². The average molecular weight is 693 g/mol. The Hall–Kier alpha value is -2.20. The lowest BCUT2D eigenvalue weighted by Crippen LogP contribution is -2.40. The van der Waals surface area contributed by atoms with Gasteiger partial charge in [0.25, 0.3) is 5.91 Å². The Morgan fingerprint density at radius 3 is 2.56 bits per heavy atom. The number of amides is 1. The van der Waals surface area contributed by atoms with Crippen molar-refractivity contribution in [2.24, 2.45) is 4.99 Å². The third-order valence-corrected chi connectivity index (χ3v) is 9.07. The summed E-state index contributed by atoms with van der Waals surface area (Å²) >= 11 is 16.0. The van der Waals surface area contributed by atoms with Crippen LogP contribution >= 0.6 is 57.6 Å². The SMILES string of the molecule is COc1cc(/C=C2\SC(=Nc3ccccc3)N(C3CCCCC3)C2=O)cc(I)c1OCc1ccc(Cl)cc1Cl. The molecular formula is C30H27Cl2IN2O3S. The van der Waals surface area contributed by atoms with Gasteiger partial charge < -0.3 is 9.47 Å². The summed E-state index contributed by atoms with van der Waals surface area (Å²) in [6.07, 6.45) is 7.41. The summed E-state index contributed by atoms with van der Waals surface area (Å²) in [6, 6.07) is 19.2. The van der Waals surface area contributed by atoms with E-state index in [0.29, 0.717) is 26.4 Å². The van der Waals surface area contributed by atoms with Gasteiger partial charge in [0, 0.05) is 21.7 Å². The largest absolute Gasteiger partial charge is 0.493 e. The van der Waals surface area contributed by atoms with Gasteiger partial charge in [-0.25, -0.2) is 4.99 Å². The van der Waals surface area contributed by atoms with Gasteiger partial charge in [-0.15, -0.1) is 0 Å². The van der Waals surface area contributed by atoms with Crippen molar-refractivity contribution >= 4 is 80.4 Å². The minimum absolute atomic E-state index is 0.00765. The molecule has 0 atom stereocenters. The van der Waals surface area contributed by atoms with Crippen molar-refractivity contribution in [2.45, 2.75) is 44.8 Å². The number of para-hydroxylation sites is 1. The fraction of sp³-hybridized carbons (Fsp3) is 0.267. The van der Waals surface area contributed by atoms with Crippen LogP contribution in [-0.2, 0) is 11.4 Å². The second-order valence-corrected chi connectivity index (χ2v) is 12.4. The van der Waals surface area contributed by atoms with Crippen LogP contribution in [0.25, 0.3) is 6.08 Å². The smallest absolute Gasteiger partial charge is 0.267 e. The van der Waals surface area contributed by atoms with Crippen molar-refractivity contribution in [3.8, 4) is 11.5 Å². The van der Waals surface area contributed by atoms with Crippen molar-refractivity contribution < 1.29 is 14.3 Å². The number of benzene rings is 3. The average Bonchev–Trinajstić information content (AvgIpc) is 3.23. The minimum atomic E-state index is 0.00765. The number of carbonyl (C=O) groups excluding carboxylic acids is 1. The van der Waals surface area contributed by atoms with Gasteiger partial charge in [0.1, 0.15) is 6.61 Å². The molecule has 0 radical (unpaired) electrons. The third kappa shape index (κ3) is 6.76. The molecule has 1 aliphatic heterocycles. The van der Waals surface area contributed by atoms with Crippen LogP contribution in [0.15, 0.2) is 70.6 Å². The molecule has 5 nitrogen and oxygen atoms in total. The van der Waals surface area contributed by atoms with E-state index in [4.69, 9.17) is 37.7 Å². The van der Waals surface area contributed by atoms with E-state index in [1.54, 1.807) is 19.2 Å². The van der Waals surface area contributed by atoms with Gasteiger partial charge in [-0.05, 0) is 95.2 Å². The second-order valence-electron chi connectivity index (χ2n) is 9.37. The van der Waals surface area contributed by atoms with E-state index < -0.39 is 0 Å². The summed E-state index contributed by atoms with van der Waals surface area (Å²) in [5, 5.41) is 1.86. The van der Waals surface area contributed by atoms with Crippen LogP contribution in [0.3, 0.4) is 0 Å². The van der Waals surface area contributed by atoms with Crippen LogP contribution in [0.5, 0.6) is 11.5 Å². The molecular weight excluding hydrogens is 666 g/mol. The van der Waals surface area contributed by atoms with E-state index in [2.05, 4.69) is 22.6 Å². The highest BCUT2D eigenvalue weighted by atomic mass is 127. The quantitative estimate of drug-likeness (QED) is 0.183. The van der Waals surface area contributed by atoms with E-state index in [0.717, 1.165) is 51.2 Å². The molecule has 0 N–H and O–H groups in total. The standard InChI is InChI=1S/C30H27Cl2IN2O3S/c1-37-26-15-19(14-25(33)28(26)38-18-20-12-13-21(31)17-24(20)32)16-27-29(36)35(23-10-6-3-7-11-23)30(39-27)34-22-8-4-2-5-9-22/h2,4-5,8-9,12-17,23H,3,6-7,10-11,18H2,1H3/b27-16-,34-30?. The van der Waals surface area contributed by atoms with Gasteiger partial charge in [0.05, 0.1) is 21.3 Å². The van der Waals surface area contributed by atoms with E-state index >= 15 is 0 Å². The topological polar surface area (TPSA) is 51.1 Å². The number of aliphatic imine (C=N–C) groups is 1. The number of methoxy groups -OCH3 is 1. The maximum Gasteiger partial charge on any atom is 0.267 e. The second kappa shape index (κ2) is 13.0. The lowest BCUT2D eigenvalue weighted by molar-refractivity contribution is -0.124. The molecule has 0 aromatic heterocycles. The molecule has 1 saturated carbocycles. The van der Waals surface area contributed by atoms with Gasteiger partial charge in [-0.1, -0.05) is 66.7 Å². The highest BCUT2D eigenvalue weighted by molar-refractivity contribution is 14.1. The normalized spacial score (nSPS) is 18.3. The van der Waals surface area contributed by atoms with Gasteiger partial charge in [0.2, 0.25) is 0 Å². The number of amidine groups is 1. The van der Waals surface area contributed by atoms with E-state index in [1.807, 2.05) is 59.5 Å². The Kier molecular flexibility index (Phi) is 9.43. The number of ether oxygens (including phenoxy) is 2. The molecule has 1 amide bonds. The first-order chi connectivity index (χ1) is 18.9. The number of hydrogen-bond donors (Lipinski definition) is 0. The summed E-state index contributed by atoms with van der Waals surface area (Å²) in [7, 11) is 1.61. The molecule has 1 aliphatic carbocycles. The Balaban J connectivity index is 1.43. The summed E-state index contributed by atoms with van der Waals surface area (Å²) in [5.74, 6) is 1.21. The molecule has 0 unspecified atom stereocenters. The van der Waals surface area contributed by atoms with Gasteiger partial charge in [-0.3, -0.25) is 9.69 Å². The molecule has 39 heavy (non-hydrogen) atoms. The number of carbonyl (C=O) groups is 1. The van der Waals surface area contributed by atoms with Crippen molar-refractivity contribution in [3.63, 3.8) is 0 Å². The summed E-state index contributed by atoms with van der Waals surface area (Å²) in [5.41, 5.74) is 2.52. The summed E-state index contributed by atoms with van der Waals surface area (Å²) in [4.78, 5) is 21.1. The van der Waals surface area contributed by atoms with Crippen molar-refractivity contribution in [2.75, 3.05) is 7.11 Å². The molecule has 0 bridgehead atoms. The molecule has 3 aromatic carbocycles. The van der Waals surface area contributed by atoms with Gasteiger partial charge in [-0.2, -0.15) is 0 Å². The number of halogens is 3. The molecule has 1 saturated heterocycles. The Morgan fingerprint density at radius 1 is 1.08 bits per heavy atom. The monoisotopic (exact) mass is 692 g/mol. The number of hydrogen-bond acceptors (Lipinski definition) is 5. The molecule has 2 fully saturated rings. The molecule has 9 heteroatoms. The molecule has 2 aliphatic rings. The molecule has 1 heterocycles. The Labute approximate surface area is 256 Å². The fourth-order valence-electron chi connectivity index (χ4n) is 4.74. The molecule has 5 rings (SSSR count). The van der Waals surface area contributed by atoms with E-state index in [9.17, 15) is 4.79 Å². The fourth-order valence-corrected chi connectivity index (χ4v) is 7.04. The van der Waals surface area contributed by atoms with Gasteiger partial charge in [0.15, 0.2) is 16.7 Å². The van der Waals surface area contributed by atoms with Crippen LogP contribution < -0.4 is 9.47 Å². The van der Waals surface area contributed by atoms with E-state index in [1.165, 1.54) is 18.2 Å². The number of thioether (sulfide) groups is 1. The molecule has 0 spiro atoms. The van der Waals surface area contributed by atoms with Crippen LogP contribution in [0.4, 0.5) is 5.69 Å². The maximum absolute atomic E-state index is 13.7. The lowest BCUT2D eigenvalue weighted by atomic mass is 9.94. The Morgan fingerprint density at radius 2 is 1.85 bits per heavy atom. The zero-order valence-corrected chi connectivity index (χ0v) is 25.8. The van der Waals surface area contributed by atoms with Crippen LogP contribution in [0, 0.1) is 3.57 Å². The van der Waals surface area contributed by atoms with Crippen LogP contribution in [0.1, 0.15) is 43.2 Å². The molecule has 202 valence electrons. The highest BCUT2D eigenvalue weighted by Crippen LogP contribution is 2.40. The van der Waals surface area contributed by atoms with Crippen LogP contribution in [0.2, 0.25) is 10.0 Å². The van der Waals surface area contributed by atoms with Crippen molar-refractivity contribution in [1.29, 1.82) is 0 Å². The third-order valence-electron chi connectivity index (χ3n) is 6.69. The predicted molar refractivity (Wildman–Crippen MR) is 169 cm³/mol. The number of nitrogens with zero attached hydrogens (tertiary/aromatic N) is 2. The Bertz CT molecular complexity index is 1430. The first-order valence-corrected chi connectivity index (χ1v) is 15.4. The summed E-state index contributed by atoms with van der Waals surface area (Å²) < 4.78 is 12.6. The zero-order chi connectivity index (χ0) is 27.4. The van der Waals surface area contributed by atoms with E-state index in [-0.39, 0.29) is 18.6 Å². The first-order valence-electron chi connectivity index (χ1n) is 12.7. The minimum Gasteiger partial charge on any atom is -0.493 e. The van der Waals surface area contributed by atoms with Crippen molar-refractivity contribution in [3.05, 3.63) is 90.3 Å². The summed E-state index contributed by atoms with van der Waals surface area (Å²) in [6.45, 7) is 0.271. The highest BCUT2D eigenvalue weighted by Gasteiger charge is 2.38. The lowest BCUT2D eigenvalue weighted by Gasteiger charge is -2.30.